The van der Waals surface area contributed by atoms with E-state index in [4.69, 9.17) is 4.74 Å². The number of rotatable bonds is 6. The molecular weight excluding hydrogens is 354 g/mol. The van der Waals surface area contributed by atoms with Crippen molar-refractivity contribution in [1.29, 1.82) is 0 Å². The molecule has 0 bridgehead atoms. The Balaban J connectivity index is 1.72. The molecule has 2 heterocycles. The Morgan fingerprint density at radius 2 is 1.86 bits per heavy atom. The fraction of sp³-hybridized carbons (Fsp3) is 0.190. The lowest BCUT2D eigenvalue weighted by atomic mass is 10.2. The molecule has 2 aromatic heterocycles. The molecule has 0 aliphatic carbocycles. The molecule has 0 saturated heterocycles. The molecular formula is C21H21N5O2. The predicted octanol–water partition coefficient (Wildman–Crippen LogP) is 3.14. The number of nitrogens with one attached hydrogen (secondary N) is 1. The number of hydrogen-bond donors (Lipinski definition) is 1. The summed E-state index contributed by atoms with van der Waals surface area (Å²) >= 11 is 0. The van der Waals surface area contributed by atoms with E-state index in [1.165, 1.54) is 0 Å². The first-order valence-corrected chi connectivity index (χ1v) is 9.12. The molecule has 142 valence electrons. The Bertz CT molecular complexity index is 1150. The normalized spacial score (nSPS) is 10.9. The maximum absolute atomic E-state index is 12.6. The Morgan fingerprint density at radius 1 is 1.11 bits per heavy atom. The third-order valence-corrected chi connectivity index (χ3v) is 4.47. The van der Waals surface area contributed by atoms with Gasteiger partial charge in [-0.05, 0) is 25.1 Å². The van der Waals surface area contributed by atoms with Gasteiger partial charge in [0, 0.05) is 19.2 Å². The predicted molar refractivity (Wildman–Crippen MR) is 109 cm³/mol. The SMILES string of the molecule is CCOc1ccccc1CN(C)c1nc2c(cnn2-c2ccccc2)c(=O)[nH]1. The highest BCUT2D eigenvalue weighted by molar-refractivity contribution is 5.76. The van der Waals surface area contributed by atoms with Crippen molar-refractivity contribution < 1.29 is 4.74 Å². The zero-order valence-electron chi connectivity index (χ0n) is 15.8. The number of benzene rings is 2. The van der Waals surface area contributed by atoms with Crippen molar-refractivity contribution in [2.24, 2.45) is 0 Å². The molecule has 7 nitrogen and oxygen atoms in total. The minimum Gasteiger partial charge on any atom is -0.494 e. The first-order chi connectivity index (χ1) is 13.7. The Hall–Kier alpha value is -3.61. The van der Waals surface area contributed by atoms with E-state index < -0.39 is 0 Å². The van der Waals surface area contributed by atoms with E-state index in [-0.39, 0.29) is 5.56 Å². The molecule has 1 N–H and O–H groups in total. The number of para-hydroxylation sites is 2. The van der Waals surface area contributed by atoms with Crippen molar-refractivity contribution >= 4 is 17.0 Å². The van der Waals surface area contributed by atoms with E-state index in [1.807, 2.05) is 73.5 Å². The van der Waals surface area contributed by atoms with Gasteiger partial charge in [-0.1, -0.05) is 36.4 Å². The standard InChI is InChI=1S/C21H21N5O2/c1-3-28-18-12-8-7-9-15(18)14-25(2)21-23-19-17(20(27)24-21)13-22-26(19)16-10-5-4-6-11-16/h4-13H,3,14H2,1-2H3,(H,23,24,27). The maximum Gasteiger partial charge on any atom is 0.263 e. The van der Waals surface area contributed by atoms with Gasteiger partial charge in [0.2, 0.25) is 5.95 Å². The second-order valence-electron chi connectivity index (χ2n) is 6.42. The summed E-state index contributed by atoms with van der Waals surface area (Å²) < 4.78 is 7.38. The van der Waals surface area contributed by atoms with Crippen molar-refractivity contribution in [1.82, 2.24) is 19.7 Å². The number of fused-ring (bicyclic) bond motifs is 1. The van der Waals surface area contributed by atoms with Crippen LogP contribution in [0.4, 0.5) is 5.95 Å². The first kappa shape index (κ1) is 17.8. The molecule has 0 amide bonds. The van der Waals surface area contributed by atoms with Gasteiger partial charge in [0.25, 0.3) is 5.56 Å². The number of aromatic amines is 1. The molecule has 2 aromatic carbocycles. The topological polar surface area (TPSA) is 76.0 Å². The van der Waals surface area contributed by atoms with E-state index in [1.54, 1.807) is 10.9 Å². The minimum atomic E-state index is -0.216. The summed E-state index contributed by atoms with van der Waals surface area (Å²) in [6, 6.07) is 17.5. The van der Waals surface area contributed by atoms with Crippen LogP contribution in [0, 0.1) is 0 Å². The highest BCUT2D eigenvalue weighted by Gasteiger charge is 2.15. The molecule has 0 unspecified atom stereocenters. The smallest absolute Gasteiger partial charge is 0.263 e. The summed E-state index contributed by atoms with van der Waals surface area (Å²) in [6.07, 6.45) is 1.54. The number of aromatic nitrogens is 4. The minimum absolute atomic E-state index is 0.216. The van der Waals surface area contributed by atoms with Crippen molar-refractivity contribution in [2.45, 2.75) is 13.5 Å². The van der Waals surface area contributed by atoms with Gasteiger partial charge in [-0.15, -0.1) is 0 Å². The van der Waals surface area contributed by atoms with Crippen LogP contribution in [0.2, 0.25) is 0 Å². The highest BCUT2D eigenvalue weighted by Crippen LogP contribution is 2.22. The van der Waals surface area contributed by atoms with Gasteiger partial charge in [0.15, 0.2) is 5.65 Å². The van der Waals surface area contributed by atoms with Crippen molar-refractivity contribution in [2.75, 3.05) is 18.6 Å². The lowest BCUT2D eigenvalue weighted by Gasteiger charge is -2.19. The van der Waals surface area contributed by atoms with Gasteiger partial charge in [-0.3, -0.25) is 9.78 Å². The Labute approximate surface area is 162 Å². The summed E-state index contributed by atoms with van der Waals surface area (Å²) in [7, 11) is 1.88. The fourth-order valence-electron chi connectivity index (χ4n) is 3.11. The molecule has 28 heavy (non-hydrogen) atoms. The summed E-state index contributed by atoms with van der Waals surface area (Å²) in [5, 5.41) is 4.80. The van der Waals surface area contributed by atoms with E-state index in [2.05, 4.69) is 15.1 Å². The van der Waals surface area contributed by atoms with E-state index in [0.717, 1.165) is 17.0 Å². The van der Waals surface area contributed by atoms with Crippen molar-refractivity contribution in [3.05, 3.63) is 76.7 Å². The quantitative estimate of drug-likeness (QED) is 0.560. The highest BCUT2D eigenvalue weighted by atomic mass is 16.5. The molecule has 0 radical (unpaired) electrons. The first-order valence-electron chi connectivity index (χ1n) is 9.12. The summed E-state index contributed by atoms with van der Waals surface area (Å²) in [5.41, 5.74) is 2.18. The lowest BCUT2D eigenvalue weighted by Crippen LogP contribution is -2.23. The van der Waals surface area contributed by atoms with Crippen LogP contribution in [-0.4, -0.2) is 33.4 Å². The monoisotopic (exact) mass is 375 g/mol. The van der Waals surface area contributed by atoms with Crippen LogP contribution in [0.25, 0.3) is 16.7 Å². The van der Waals surface area contributed by atoms with Crippen molar-refractivity contribution in [3.8, 4) is 11.4 Å². The van der Waals surface area contributed by atoms with Gasteiger partial charge >= 0.3 is 0 Å². The molecule has 0 aliphatic heterocycles. The molecule has 0 saturated carbocycles. The lowest BCUT2D eigenvalue weighted by molar-refractivity contribution is 0.336. The largest absolute Gasteiger partial charge is 0.494 e. The average Bonchev–Trinajstić information content (AvgIpc) is 3.15. The third kappa shape index (κ3) is 3.34. The number of hydrogen-bond acceptors (Lipinski definition) is 5. The summed E-state index contributed by atoms with van der Waals surface area (Å²) in [4.78, 5) is 22.0. The van der Waals surface area contributed by atoms with Gasteiger partial charge < -0.3 is 9.64 Å². The van der Waals surface area contributed by atoms with Gasteiger partial charge in [0.05, 0.1) is 18.5 Å². The zero-order valence-corrected chi connectivity index (χ0v) is 15.8. The van der Waals surface area contributed by atoms with Crippen LogP contribution in [-0.2, 0) is 6.54 Å². The number of H-pyrrole nitrogens is 1. The van der Waals surface area contributed by atoms with Crippen molar-refractivity contribution in [3.63, 3.8) is 0 Å². The van der Waals surface area contributed by atoms with E-state index in [0.29, 0.717) is 30.1 Å². The number of ether oxygens (including phenoxy) is 1. The van der Waals surface area contributed by atoms with Crippen LogP contribution in [0.15, 0.2) is 65.6 Å². The Kier molecular flexibility index (Phi) is 4.80. The zero-order chi connectivity index (χ0) is 19.5. The molecule has 0 fully saturated rings. The summed E-state index contributed by atoms with van der Waals surface area (Å²) in [5.74, 6) is 1.30. The Morgan fingerprint density at radius 3 is 2.64 bits per heavy atom. The van der Waals surface area contributed by atoms with Crippen LogP contribution in [0.3, 0.4) is 0 Å². The van der Waals surface area contributed by atoms with Crippen LogP contribution < -0.4 is 15.2 Å². The molecule has 4 aromatic rings. The molecule has 0 aliphatic rings. The maximum atomic E-state index is 12.6. The summed E-state index contributed by atoms with van der Waals surface area (Å²) in [6.45, 7) is 3.10. The van der Waals surface area contributed by atoms with E-state index >= 15 is 0 Å². The van der Waals surface area contributed by atoms with Gasteiger partial charge in [-0.25, -0.2) is 4.68 Å². The van der Waals surface area contributed by atoms with Crippen LogP contribution in [0.1, 0.15) is 12.5 Å². The van der Waals surface area contributed by atoms with E-state index in [9.17, 15) is 4.79 Å². The second kappa shape index (κ2) is 7.56. The van der Waals surface area contributed by atoms with Crippen LogP contribution >= 0.6 is 0 Å². The van der Waals surface area contributed by atoms with Crippen LogP contribution in [0.5, 0.6) is 5.75 Å². The molecule has 0 spiro atoms. The second-order valence-corrected chi connectivity index (χ2v) is 6.42. The molecule has 0 atom stereocenters. The third-order valence-electron chi connectivity index (χ3n) is 4.47. The van der Waals surface area contributed by atoms with Gasteiger partial charge in [-0.2, -0.15) is 10.1 Å². The van der Waals surface area contributed by atoms with Gasteiger partial charge in [0.1, 0.15) is 11.1 Å². The fourth-order valence-corrected chi connectivity index (χ4v) is 3.11. The number of nitrogens with zero attached hydrogens (tertiary/aromatic N) is 4. The molecule has 4 rings (SSSR count). The average molecular weight is 375 g/mol. The molecule has 7 heteroatoms. The number of anilines is 1.